The van der Waals surface area contributed by atoms with E-state index in [4.69, 9.17) is 0 Å². The second-order valence-electron chi connectivity index (χ2n) is 7.74. The molecule has 2 rings (SSSR count). The van der Waals surface area contributed by atoms with Crippen LogP contribution in [0.5, 0.6) is 0 Å². The van der Waals surface area contributed by atoms with Crippen molar-refractivity contribution in [3.63, 3.8) is 0 Å². The Labute approximate surface area is 115 Å². The molecule has 0 unspecified atom stereocenters. The topological polar surface area (TPSA) is 0 Å². The largest absolute Gasteiger partial charge is 0.0622 e. The second kappa shape index (κ2) is 5.55. The zero-order valence-electron chi connectivity index (χ0n) is 13.2. The maximum Gasteiger partial charge on any atom is -0.0215 e. The molecule has 18 heavy (non-hydrogen) atoms. The monoisotopic (exact) mass is 250 g/mol. The Balaban J connectivity index is 2.36. The molecular formula is C18H34. The van der Waals surface area contributed by atoms with Crippen LogP contribution in [0.25, 0.3) is 0 Å². The van der Waals surface area contributed by atoms with Gasteiger partial charge in [0.2, 0.25) is 0 Å². The van der Waals surface area contributed by atoms with Crippen molar-refractivity contribution in [3.8, 4) is 0 Å². The van der Waals surface area contributed by atoms with Crippen LogP contribution in [0.4, 0.5) is 0 Å². The summed E-state index contributed by atoms with van der Waals surface area (Å²) < 4.78 is 0. The summed E-state index contributed by atoms with van der Waals surface area (Å²) in [5.41, 5.74) is 1.33. The van der Waals surface area contributed by atoms with Gasteiger partial charge in [0, 0.05) is 0 Å². The molecule has 0 atom stereocenters. The van der Waals surface area contributed by atoms with Crippen LogP contribution < -0.4 is 0 Å². The van der Waals surface area contributed by atoms with Crippen LogP contribution in [-0.4, -0.2) is 0 Å². The van der Waals surface area contributed by atoms with Gasteiger partial charge in [0.05, 0.1) is 0 Å². The van der Waals surface area contributed by atoms with Gasteiger partial charge in [-0.1, -0.05) is 66.2 Å². The Morgan fingerprint density at radius 2 is 0.778 bits per heavy atom. The van der Waals surface area contributed by atoms with Gasteiger partial charge in [-0.2, -0.15) is 0 Å². The van der Waals surface area contributed by atoms with E-state index in [1.54, 1.807) is 0 Å². The predicted octanol–water partition coefficient (Wildman–Crippen LogP) is 6.20. The van der Waals surface area contributed by atoms with E-state index in [1.807, 2.05) is 0 Å². The zero-order chi connectivity index (χ0) is 13.2. The minimum atomic E-state index is 0.667. The first-order valence-corrected chi connectivity index (χ1v) is 8.55. The average Bonchev–Trinajstić information content (AvgIpc) is 2.40. The molecule has 0 aliphatic heterocycles. The number of hydrogen-bond acceptors (Lipinski definition) is 0. The normalized spacial score (nSPS) is 27.7. The molecule has 0 N–H and O–H groups in total. The quantitative estimate of drug-likeness (QED) is 0.559. The Bertz CT molecular complexity index is 221. The van der Waals surface area contributed by atoms with Crippen molar-refractivity contribution in [2.24, 2.45) is 22.7 Å². The first-order chi connectivity index (χ1) is 8.55. The van der Waals surface area contributed by atoms with Crippen molar-refractivity contribution < 1.29 is 0 Å². The molecule has 0 radical (unpaired) electrons. The molecule has 0 bridgehead atoms. The maximum absolute atomic E-state index is 2.52. The predicted molar refractivity (Wildman–Crippen MR) is 80.7 cm³/mol. The summed E-state index contributed by atoms with van der Waals surface area (Å²) in [7, 11) is 0. The van der Waals surface area contributed by atoms with Gasteiger partial charge in [0.25, 0.3) is 0 Å². The Kier molecular flexibility index (Phi) is 4.44. The molecule has 0 nitrogen and oxygen atoms in total. The highest BCUT2D eigenvalue weighted by atomic mass is 14.6. The van der Waals surface area contributed by atoms with Crippen molar-refractivity contribution in [3.05, 3.63) is 0 Å². The van der Waals surface area contributed by atoms with Crippen molar-refractivity contribution in [1.29, 1.82) is 0 Å². The first-order valence-electron chi connectivity index (χ1n) is 8.55. The Hall–Kier alpha value is 0. The van der Waals surface area contributed by atoms with Crippen LogP contribution in [0.1, 0.15) is 91.9 Å². The minimum Gasteiger partial charge on any atom is -0.0622 e. The van der Waals surface area contributed by atoms with Crippen LogP contribution >= 0.6 is 0 Å². The van der Waals surface area contributed by atoms with Gasteiger partial charge in [-0.05, 0) is 48.3 Å². The first kappa shape index (κ1) is 14.4. The number of hydrogen-bond donors (Lipinski definition) is 0. The van der Waals surface area contributed by atoms with Crippen molar-refractivity contribution >= 4 is 0 Å². The van der Waals surface area contributed by atoms with Gasteiger partial charge in [0.1, 0.15) is 0 Å². The lowest BCUT2D eigenvalue weighted by Crippen LogP contribution is -2.51. The lowest BCUT2D eigenvalue weighted by atomic mass is 9.45. The molecule has 106 valence electrons. The van der Waals surface area contributed by atoms with E-state index in [9.17, 15) is 0 Å². The van der Waals surface area contributed by atoms with E-state index >= 15 is 0 Å². The summed E-state index contributed by atoms with van der Waals surface area (Å²) in [6, 6.07) is 0. The van der Waals surface area contributed by atoms with Crippen LogP contribution in [-0.2, 0) is 0 Å². The highest BCUT2D eigenvalue weighted by Crippen LogP contribution is 2.63. The minimum absolute atomic E-state index is 0.667. The Morgan fingerprint density at radius 3 is 1.00 bits per heavy atom. The molecule has 2 fully saturated rings. The summed E-state index contributed by atoms with van der Waals surface area (Å²) >= 11 is 0. The fourth-order valence-electron chi connectivity index (χ4n) is 5.67. The highest BCUT2D eigenvalue weighted by Gasteiger charge is 2.54. The maximum atomic E-state index is 2.52. The van der Waals surface area contributed by atoms with Crippen molar-refractivity contribution in [1.82, 2.24) is 0 Å². The van der Waals surface area contributed by atoms with Crippen LogP contribution in [0.2, 0.25) is 0 Å². The van der Waals surface area contributed by atoms with E-state index in [0.29, 0.717) is 10.8 Å². The third-order valence-corrected chi connectivity index (χ3v) is 6.69. The van der Waals surface area contributed by atoms with Gasteiger partial charge >= 0.3 is 0 Å². The van der Waals surface area contributed by atoms with Gasteiger partial charge < -0.3 is 0 Å². The molecule has 0 heterocycles. The molecule has 0 aromatic heterocycles. The molecule has 2 saturated carbocycles. The molecular weight excluding hydrogens is 216 g/mol. The van der Waals surface area contributed by atoms with E-state index in [2.05, 4.69) is 27.7 Å². The molecule has 0 amide bonds. The van der Waals surface area contributed by atoms with E-state index in [0.717, 1.165) is 11.8 Å². The van der Waals surface area contributed by atoms with Crippen LogP contribution in [0.3, 0.4) is 0 Å². The van der Waals surface area contributed by atoms with Crippen molar-refractivity contribution in [2.45, 2.75) is 91.9 Å². The smallest absolute Gasteiger partial charge is 0.0215 e. The highest BCUT2D eigenvalue weighted by molar-refractivity contribution is 5.03. The van der Waals surface area contributed by atoms with E-state index in [-0.39, 0.29) is 0 Å². The fraction of sp³-hybridized carbons (Fsp3) is 1.00. The van der Waals surface area contributed by atoms with Gasteiger partial charge in [-0.25, -0.2) is 0 Å². The summed E-state index contributed by atoms with van der Waals surface area (Å²) in [6.45, 7) is 10.1. The van der Waals surface area contributed by atoms with Crippen LogP contribution in [0, 0.1) is 22.7 Å². The lowest BCUT2D eigenvalue weighted by Gasteiger charge is -2.60. The summed E-state index contributed by atoms with van der Waals surface area (Å²) in [5, 5.41) is 0. The van der Waals surface area contributed by atoms with Gasteiger partial charge in [-0.3, -0.25) is 0 Å². The van der Waals surface area contributed by atoms with E-state index in [1.165, 1.54) is 64.2 Å². The molecule has 2 aliphatic carbocycles. The SMILES string of the molecule is CC(C)C1(C2(C(C)C)CCCCC2)CCCCC1. The zero-order valence-corrected chi connectivity index (χ0v) is 13.2. The molecule has 0 spiro atoms. The lowest BCUT2D eigenvalue weighted by molar-refractivity contribution is -0.101. The Morgan fingerprint density at radius 1 is 0.500 bits per heavy atom. The molecule has 0 heteroatoms. The van der Waals surface area contributed by atoms with Crippen molar-refractivity contribution in [2.75, 3.05) is 0 Å². The third-order valence-electron chi connectivity index (χ3n) is 6.69. The summed E-state index contributed by atoms with van der Waals surface area (Å²) in [5.74, 6) is 1.75. The van der Waals surface area contributed by atoms with Crippen LogP contribution in [0.15, 0.2) is 0 Å². The van der Waals surface area contributed by atoms with Gasteiger partial charge in [-0.15, -0.1) is 0 Å². The van der Waals surface area contributed by atoms with E-state index < -0.39 is 0 Å². The summed E-state index contributed by atoms with van der Waals surface area (Å²) in [4.78, 5) is 0. The second-order valence-corrected chi connectivity index (χ2v) is 7.74. The van der Waals surface area contributed by atoms with Gasteiger partial charge in [0.15, 0.2) is 0 Å². The molecule has 0 aromatic rings. The fourth-order valence-corrected chi connectivity index (χ4v) is 5.67. The molecule has 0 saturated heterocycles. The number of rotatable bonds is 3. The molecule has 0 aromatic carbocycles. The molecule has 2 aliphatic rings. The summed E-state index contributed by atoms with van der Waals surface area (Å²) in [6.07, 6.45) is 15.0. The standard InChI is InChI=1S/C18H34/c1-15(2)17(11-7-5-8-12-17)18(16(3)4)13-9-6-10-14-18/h15-16H,5-14H2,1-4H3. The third kappa shape index (κ3) is 2.14. The average molecular weight is 250 g/mol.